The van der Waals surface area contributed by atoms with E-state index in [1.54, 1.807) is 30.3 Å². The number of carbonyl (C=O) groups excluding carboxylic acids is 2. The molecule has 0 spiro atoms. The van der Waals surface area contributed by atoms with Crippen molar-refractivity contribution < 1.29 is 9.59 Å². The van der Waals surface area contributed by atoms with E-state index in [2.05, 4.69) is 15.6 Å². The second kappa shape index (κ2) is 9.79. The van der Waals surface area contributed by atoms with E-state index in [1.165, 1.54) is 0 Å². The highest BCUT2D eigenvalue weighted by molar-refractivity contribution is 6.06. The van der Waals surface area contributed by atoms with E-state index in [4.69, 9.17) is 0 Å². The molecule has 2 amide bonds. The number of aromatic amines is 1. The average molecular weight is 424 g/mol. The molecular formula is C27H25N3O2. The van der Waals surface area contributed by atoms with Gasteiger partial charge in [0.2, 0.25) is 0 Å². The first-order valence-electron chi connectivity index (χ1n) is 10.6. The fourth-order valence-electron chi connectivity index (χ4n) is 3.63. The van der Waals surface area contributed by atoms with Crippen LogP contribution in [0.4, 0.5) is 0 Å². The predicted octanol–water partition coefficient (Wildman–Crippen LogP) is 4.69. The quantitative estimate of drug-likeness (QED) is 0.378. The van der Waals surface area contributed by atoms with Crippen LogP contribution in [-0.2, 0) is 11.2 Å². The van der Waals surface area contributed by atoms with Crippen molar-refractivity contribution in [2.45, 2.75) is 19.4 Å². The zero-order valence-electron chi connectivity index (χ0n) is 17.8. The molecule has 160 valence electrons. The van der Waals surface area contributed by atoms with Crippen molar-refractivity contribution in [1.82, 2.24) is 15.6 Å². The number of fused-ring (bicyclic) bond motifs is 1. The van der Waals surface area contributed by atoms with Gasteiger partial charge in [0, 0.05) is 34.3 Å². The molecule has 0 bridgehead atoms. The Morgan fingerprint density at radius 1 is 0.906 bits per heavy atom. The predicted molar refractivity (Wildman–Crippen MR) is 128 cm³/mol. The minimum Gasteiger partial charge on any atom is -0.361 e. The maximum absolute atomic E-state index is 13.2. The Morgan fingerprint density at radius 2 is 1.56 bits per heavy atom. The summed E-state index contributed by atoms with van der Waals surface area (Å²) >= 11 is 0. The van der Waals surface area contributed by atoms with E-state index < -0.39 is 0 Å². The molecule has 0 aliphatic heterocycles. The van der Waals surface area contributed by atoms with Gasteiger partial charge in [0.05, 0.1) is 0 Å². The first kappa shape index (κ1) is 21.1. The Morgan fingerprint density at radius 3 is 2.31 bits per heavy atom. The molecule has 5 heteroatoms. The van der Waals surface area contributed by atoms with Gasteiger partial charge in [-0.3, -0.25) is 9.59 Å². The van der Waals surface area contributed by atoms with Gasteiger partial charge in [-0.1, -0.05) is 66.7 Å². The van der Waals surface area contributed by atoms with E-state index in [9.17, 15) is 9.59 Å². The minimum absolute atomic E-state index is 0.107. The van der Waals surface area contributed by atoms with E-state index in [0.717, 1.165) is 22.0 Å². The number of carbonyl (C=O) groups is 2. The van der Waals surface area contributed by atoms with E-state index in [-0.39, 0.29) is 23.6 Å². The van der Waals surface area contributed by atoms with Crippen LogP contribution >= 0.6 is 0 Å². The standard InChI is InChI=1S/C27H25N3O2/c1-19(16-20-10-4-2-5-11-20)29-27(32)25(30-26(31)21-12-6-3-7-13-21)17-22-18-28-24-15-9-8-14-23(22)24/h2-15,17-19,28H,16H2,1H3,(H,29,32)(H,30,31)/b25-17+/t19-/m0/s1. The van der Waals surface area contributed by atoms with Crippen molar-refractivity contribution in [3.8, 4) is 0 Å². The molecule has 0 aliphatic carbocycles. The summed E-state index contributed by atoms with van der Waals surface area (Å²) in [6.07, 6.45) is 4.24. The van der Waals surface area contributed by atoms with Crippen LogP contribution in [0.1, 0.15) is 28.4 Å². The number of amides is 2. The van der Waals surface area contributed by atoms with Gasteiger partial charge < -0.3 is 15.6 Å². The molecule has 3 aromatic carbocycles. The van der Waals surface area contributed by atoms with Crippen LogP contribution in [0.2, 0.25) is 0 Å². The average Bonchev–Trinajstić information content (AvgIpc) is 3.22. The monoisotopic (exact) mass is 423 g/mol. The Labute approximate surface area is 187 Å². The third-order valence-electron chi connectivity index (χ3n) is 5.21. The molecule has 4 aromatic rings. The lowest BCUT2D eigenvalue weighted by atomic mass is 10.1. The molecule has 3 N–H and O–H groups in total. The van der Waals surface area contributed by atoms with Crippen molar-refractivity contribution in [2.24, 2.45) is 0 Å². The number of benzene rings is 3. The third kappa shape index (κ3) is 5.13. The summed E-state index contributed by atoms with van der Waals surface area (Å²) in [7, 11) is 0. The SMILES string of the molecule is C[C@@H](Cc1ccccc1)NC(=O)/C(=C\c1c[nH]c2ccccc12)NC(=O)c1ccccc1. The number of aromatic nitrogens is 1. The normalized spacial score (nSPS) is 12.3. The van der Waals surface area contributed by atoms with Gasteiger partial charge >= 0.3 is 0 Å². The third-order valence-corrected chi connectivity index (χ3v) is 5.21. The van der Waals surface area contributed by atoms with Crippen molar-refractivity contribution in [3.05, 3.63) is 114 Å². The van der Waals surface area contributed by atoms with Crippen molar-refractivity contribution in [2.75, 3.05) is 0 Å². The molecule has 0 saturated carbocycles. The second-order valence-corrected chi connectivity index (χ2v) is 7.73. The number of H-pyrrole nitrogens is 1. The molecule has 0 aliphatic rings. The summed E-state index contributed by atoms with van der Waals surface area (Å²) in [6.45, 7) is 1.95. The number of hydrogen-bond donors (Lipinski definition) is 3. The Balaban J connectivity index is 1.59. The van der Waals surface area contributed by atoms with E-state index in [0.29, 0.717) is 12.0 Å². The Kier molecular flexibility index (Phi) is 6.46. The zero-order valence-corrected chi connectivity index (χ0v) is 17.8. The lowest BCUT2D eigenvalue weighted by Crippen LogP contribution is -2.40. The van der Waals surface area contributed by atoms with Gasteiger partial charge in [0.1, 0.15) is 5.70 Å². The largest absolute Gasteiger partial charge is 0.361 e. The van der Waals surface area contributed by atoms with Crippen LogP contribution in [0.5, 0.6) is 0 Å². The van der Waals surface area contributed by atoms with Crippen LogP contribution in [0.3, 0.4) is 0 Å². The lowest BCUT2D eigenvalue weighted by Gasteiger charge is -2.16. The van der Waals surface area contributed by atoms with Crippen LogP contribution in [-0.4, -0.2) is 22.8 Å². The maximum Gasteiger partial charge on any atom is 0.268 e. The maximum atomic E-state index is 13.2. The summed E-state index contributed by atoms with van der Waals surface area (Å²) in [5.74, 6) is -0.662. The minimum atomic E-state index is -0.331. The van der Waals surface area contributed by atoms with Crippen LogP contribution in [0.15, 0.2) is 96.8 Å². The highest BCUT2D eigenvalue weighted by Gasteiger charge is 2.17. The fraction of sp³-hybridized carbons (Fsp3) is 0.111. The fourth-order valence-corrected chi connectivity index (χ4v) is 3.63. The molecule has 4 rings (SSSR count). The van der Waals surface area contributed by atoms with Gasteiger partial charge in [0.25, 0.3) is 11.8 Å². The molecule has 0 fully saturated rings. The number of nitrogens with one attached hydrogen (secondary N) is 3. The highest BCUT2D eigenvalue weighted by Crippen LogP contribution is 2.20. The first-order valence-corrected chi connectivity index (χ1v) is 10.6. The number of hydrogen-bond acceptors (Lipinski definition) is 2. The van der Waals surface area contributed by atoms with Crippen LogP contribution in [0.25, 0.3) is 17.0 Å². The van der Waals surface area contributed by atoms with Gasteiger partial charge in [-0.25, -0.2) is 0 Å². The molecule has 32 heavy (non-hydrogen) atoms. The van der Waals surface area contributed by atoms with Gasteiger partial charge in [-0.05, 0) is 43.2 Å². The summed E-state index contributed by atoms with van der Waals surface area (Å²) in [5.41, 5.74) is 3.61. The van der Waals surface area contributed by atoms with Crippen molar-refractivity contribution in [1.29, 1.82) is 0 Å². The Bertz CT molecular complexity index is 1240. The number of para-hydroxylation sites is 1. The number of rotatable bonds is 7. The highest BCUT2D eigenvalue weighted by atomic mass is 16.2. The molecule has 0 unspecified atom stereocenters. The van der Waals surface area contributed by atoms with E-state index >= 15 is 0 Å². The zero-order chi connectivity index (χ0) is 22.3. The smallest absolute Gasteiger partial charge is 0.268 e. The first-order chi connectivity index (χ1) is 15.6. The second-order valence-electron chi connectivity index (χ2n) is 7.73. The van der Waals surface area contributed by atoms with Gasteiger partial charge in [-0.15, -0.1) is 0 Å². The van der Waals surface area contributed by atoms with Gasteiger partial charge in [0.15, 0.2) is 0 Å². The van der Waals surface area contributed by atoms with Gasteiger partial charge in [-0.2, -0.15) is 0 Å². The van der Waals surface area contributed by atoms with Crippen molar-refractivity contribution >= 4 is 28.8 Å². The summed E-state index contributed by atoms with van der Waals surface area (Å²) in [4.78, 5) is 29.2. The molecule has 0 radical (unpaired) electrons. The molecule has 0 saturated heterocycles. The Hall–Kier alpha value is -4.12. The topological polar surface area (TPSA) is 74.0 Å². The van der Waals surface area contributed by atoms with E-state index in [1.807, 2.05) is 73.8 Å². The molecule has 1 atom stereocenters. The molecular weight excluding hydrogens is 398 g/mol. The molecule has 5 nitrogen and oxygen atoms in total. The molecule has 1 aromatic heterocycles. The molecule has 1 heterocycles. The summed E-state index contributed by atoms with van der Waals surface area (Å²) < 4.78 is 0. The summed E-state index contributed by atoms with van der Waals surface area (Å²) in [6, 6.07) is 26.6. The lowest BCUT2D eigenvalue weighted by molar-refractivity contribution is -0.118. The van der Waals surface area contributed by atoms with Crippen molar-refractivity contribution in [3.63, 3.8) is 0 Å². The van der Waals surface area contributed by atoms with Crippen LogP contribution < -0.4 is 10.6 Å². The summed E-state index contributed by atoms with van der Waals surface area (Å²) in [5, 5.41) is 6.79. The van der Waals surface area contributed by atoms with Crippen LogP contribution in [0, 0.1) is 0 Å².